The highest BCUT2D eigenvalue weighted by Gasteiger charge is 2.35. The van der Waals surface area contributed by atoms with Crippen LogP contribution >= 0.6 is 0 Å². The second-order valence-electron chi connectivity index (χ2n) is 8.80. The third kappa shape index (κ3) is 4.16. The lowest BCUT2D eigenvalue weighted by Gasteiger charge is -2.39. The molecule has 1 aromatic carbocycles. The van der Waals surface area contributed by atoms with Crippen LogP contribution in [0, 0.1) is 12.8 Å². The highest BCUT2D eigenvalue weighted by atomic mass is 16.5. The first-order chi connectivity index (χ1) is 13.4. The van der Waals surface area contributed by atoms with Gasteiger partial charge in [-0.15, -0.1) is 0 Å². The Hall–Kier alpha value is -2.50. The maximum absolute atomic E-state index is 13.0. The molecular weight excluding hydrogens is 352 g/mol. The zero-order valence-electron chi connectivity index (χ0n) is 17.0. The van der Waals surface area contributed by atoms with E-state index in [1.165, 1.54) is 5.56 Å². The van der Waals surface area contributed by atoms with E-state index < -0.39 is 0 Å². The van der Waals surface area contributed by atoms with E-state index >= 15 is 0 Å². The Bertz CT molecular complexity index is 823. The van der Waals surface area contributed by atoms with Gasteiger partial charge >= 0.3 is 6.03 Å². The molecule has 2 amide bonds. The molecule has 0 unspecified atom stereocenters. The number of hydrogen-bond donors (Lipinski definition) is 1. The Balaban J connectivity index is 1.38. The van der Waals surface area contributed by atoms with Crippen molar-refractivity contribution in [2.75, 3.05) is 13.1 Å². The first-order valence-corrected chi connectivity index (χ1v) is 10.2. The Kier molecular flexibility index (Phi) is 5.04. The molecule has 0 spiro atoms. The molecule has 4 rings (SSSR count). The number of carbonyl (C=O) groups excluding carboxylic acids is 1. The summed E-state index contributed by atoms with van der Waals surface area (Å²) in [7, 11) is 0. The number of aryl methyl sites for hydroxylation is 1. The van der Waals surface area contributed by atoms with Crippen LogP contribution in [-0.2, 0) is 6.54 Å². The lowest BCUT2D eigenvalue weighted by molar-refractivity contribution is 0.0657. The highest BCUT2D eigenvalue weighted by molar-refractivity contribution is 5.75. The molecule has 1 saturated heterocycles. The molecule has 1 fully saturated rings. The molecule has 0 radical (unpaired) electrons. The average molecular weight is 383 g/mol. The summed E-state index contributed by atoms with van der Waals surface area (Å²) in [6, 6.07) is 6.23. The summed E-state index contributed by atoms with van der Waals surface area (Å²) in [5, 5.41) is 3.28. The van der Waals surface area contributed by atoms with Gasteiger partial charge in [0.15, 0.2) is 0 Å². The number of hydrogen-bond acceptors (Lipinski definition) is 3. The number of benzene rings is 1. The quantitative estimate of drug-likeness (QED) is 0.875. The summed E-state index contributed by atoms with van der Waals surface area (Å²) < 4.78 is 8.25. The minimum atomic E-state index is -0.294. The second-order valence-corrected chi connectivity index (χ2v) is 8.80. The average Bonchev–Trinajstić information content (AvgIpc) is 3.15. The predicted octanol–water partition coefficient (Wildman–Crippen LogP) is 3.92. The Morgan fingerprint density at radius 3 is 2.82 bits per heavy atom. The van der Waals surface area contributed by atoms with Gasteiger partial charge in [0.25, 0.3) is 0 Å². The summed E-state index contributed by atoms with van der Waals surface area (Å²) in [5.74, 6) is 1.48. The number of fused-ring (bicyclic) bond motifs is 1. The first-order valence-electron chi connectivity index (χ1n) is 10.2. The van der Waals surface area contributed by atoms with E-state index in [1.807, 2.05) is 29.7 Å². The topological polar surface area (TPSA) is 59.4 Å². The number of rotatable bonds is 3. The number of imidazole rings is 1. The van der Waals surface area contributed by atoms with E-state index in [2.05, 4.69) is 47.8 Å². The highest BCUT2D eigenvalue weighted by Crippen LogP contribution is 2.40. The van der Waals surface area contributed by atoms with Gasteiger partial charge in [-0.3, -0.25) is 0 Å². The SMILES string of the molecule is Cc1ccc2c(c1)[C@H](NC(=O)N1CCC(Cn3ccnc3)CC1)CC(C)(C)O2. The van der Waals surface area contributed by atoms with Crippen LogP contribution in [0.25, 0.3) is 0 Å². The van der Waals surface area contributed by atoms with Crippen molar-refractivity contribution in [2.45, 2.75) is 58.2 Å². The van der Waals surface area contributed by atoms with E-state index in [-0.39, 0.29) is 17.7 Å². The summed E-state index contributed by atoms with van der Waals surface area (Å²) in [4.78, 5) is 19.0. The van der Waals surface area contributed by atoms with E-state index in [0.29, 0.717) is 5.92 Å². The zero-order valence-corrected chi connectivity index (χ0v) is 17.0. The van der Waals surface area contributed by atoms with Gasteiger partial charge in [-0.05, 0) is 45.6 Å². The summed E-state index contributed by atoms with van der Waals surface area (Å²) in [6.45, 7) is 8.82. The molecule has 2 aliphatic heterocycles. The molecule has 6 heteroatoms. The molecular formula is C22H30N4O2. The normalized spacial score (nSPS) is 21.7. The lowest BCUT2D eigenvalue weighted by atomic mass is 9.89. The number of urea groups is 1. The van der Waals surface area contributed by atoms with Gasteiger partial charge in [0.05, 0.1) is 12.4 Å². The maximum atomic E-state index is 13.0. The molecule has 2 aliphatic rings. The predicted molar refractivity (Wildman–Crippen MR) is 108 cm³/mol. The third-order valence-corrected chi connectivity index (χ3v) is 5.85. The van der Waals surface area contributed by atoms with Gasteiger partial charge in [-0.25, -0.2) is 9.78 Å². The fraction of sp³-hybridized carbons (Fsp3) is 0.545. The summed E-state index contributed by atoms with van der Waals surface area (Å²) >= 11 is 0. The largest absolute Gasteiger partial charge is 0.487 e. The molecule has 1 N–H and O–H groups in total. The molecule has 28 heavy (non-hydrogen) atoms. The van der Waals surface area contributed by atoms with E-state index in [0.717, 1.165) is 50.2 Å². The number of carbonyl (C=O) groups is 1. The van der Waals surface area contributed by atoms with E-state index in [1.54, 1.807) is 0 Å². The van der Waals surface area contributed by atoms with Gasteiger partial charge in [-0.1, -0.05) is 17.7 Å². The van der Waals surface area contributed by atoms with Gasteiger partial charge in [0, 0.05) is 44.0 Å². The fourth-order valence-electron chi connectivity index (χ4n) is 4.35. The monoisotopic (exact) mass is 382 g/mol. The first kappa shape index (κ1) is 18.8. The van der Waals surface area contributed by atoms with Crippen molar-refractivity contribution in [2.24, 2.45) is 5.92 Å². The van der Waals surface area contributed by atoms with E-state index in [4.69, 9.17) is 4.74 Å². The van der Waals surface area contributed by atoms with Crippen LogP contribution in [0.1, 0.15) is 50.3 Å². The molecule has 0 aliphatic carbocycles. The number of piperidine rings is 1. The molecule has 0 saturated carbocycles. The minimum absolute atomic E-state index is 0.0187. The number of likely N-dealkylation sites (tertiary alicyclic amines) is 1. The maximum Gasteiger partial charge on any atom is 0.317 e. The van der Waals surface area contributed by atoms with E-state index in [9.17, 15) is 4.79 Å². The van der Waals surface area contributed by atoms with Gasteiger partial charge in [-0.2, -0.15) is 0 Å². The number of amides is 2. The van der Waals surface area contributed by atoms with Crippen LogP contribution in [0.4, 0.5) is 4.79 Å². The third-order valence-electron chi connectivity index (χ3n) is 5.85. The summed E-state index contributed by atoms with van der Waals surface area (Å²) in [6.07, 6.45) is 8.52. The van der Waals surface area contributed by atoms with Gasteiger partial charge in [0.1, 0.15) is 11.4 Å². The van der Waals surface area contributed by atoms with Crippen molar-refractivity contribution < 1.29 is 9.53 Å². The van der Waals surface area contributed by atoms with Crippen LogP contribution < -0.4 is 10.1 Å². The van der Waals surface area contributed by atoms with Crippen molar-refractivity contribution >= 4 is 6.03 Å². The van der Waals surface area contributed by atoms with Crippen molar-refractivity contribution in [3.63, 3.8) is 0 Å². The molecule has 2 aromatic rings. The minimum Gasteiger partial charge on any atom is -0.487 e. The number of nitrogens with zero attached hydrogens (tertiary/aromatic N) is 3. The molecule has 1 atom stereocenters. The number of nitrogens with one attached hydrogen (secondary N) is 1. The van der Waals surface area contributed by atoms with Crippen molar-refractivity contribution in [1.29, 1.82) is 0 Å². The van der Waals surface area contributed by atoms with Crippen LogP contribution in [0.15, 0.2) is 36.9 Å². The number of ether oxygens (including phenoxy) is 1. The van der Waals surface area contributed by atoms with Gasteiger partial charge in [0.2, 0.25) is 0 Å². The zero-order chi connectivity index (χ0) is 19.7. The van der Waals surface area contributed by atoms with Crippen LogP contribution in [0.3, 0.4) is 0 Å². The van der Waals surface area contributed by atoms with Crippen molar-refractivity contribution in [1.82, 2.24) is 19.8 Å². The second kappa shape index (κ2) is 7.49. The molecule has 150 valence electrons. The molecule has 3 heterocycles. The smallest absolute Gasteiger partial charge is 0.317 e. The van der Waals surface area contributed by atoms with Crippen molar-refractivity contribution in [3.8, 4) is 5.75 Å². The molecule has 1 aromatic heterocycles. The van der Waals surface area contributed by atoms with Crippen molar-refractivity contribution in [3.05, 3.63) is 48.0 Å². The molecule has 0 bridgehead atoms. The Morgan fingerprint density at radius 2 is 2.11 bits per heavy atom. The Morgan fingerprint density at radius 1 is 1.32 bits per heavy atom. The fourth-order valence-corrected chi connectivity index (χ4v) is 4.35. The van der Waals surface area contributed by atoms with Crippen LogP contribution in [0.2, 0.25) is 0 Å². The lowest BCUT2D eigenvalue weighted by Crippen LogP contribution is -2.48. The molecule has 6 nitrogen and oxygen atoms in total. The summed E-state index contributed by atoms with van der Waals surface area (Å²) in [5.41, 5.74) is 1.97. The van der Waals surface area contributed by atoms with Crippen LogP contribution in [-0.4, -0.2) is 39.2 Å². The van der Waals surface area contributed by atoms with Gasteiger partial charge < -0.3 is 19.5 Å². The Labute approximate surface area is 166 Å². The standard InChI is InChI=1S/C22H30N4O2/c1-16-4-5-20-18(12-16)19(13-22(2,3)28-20)24-21(27)26-9-6-17(7-10-26)14-25-11-8-23-15-25/h4-5,8,11-12,15,17,19H,6-7,9-10,13-14H2,1-3H3,(H,24,27)/t19-/m1/s1. The van der Waals surface area contributed by atoms with Crippen LogP contribution in [0.5, 0.6) is 5.75 Å². The number of aromatic nitrogens is 2.